The van der Waals surface area contributed by atoms with Gasteiger partial charge in [-0.15, -0.1) is 0 Å². The summed E-state index contributed by atoms with van der Waals surface area (Å²) in [6.45, 7) is 2.90. The smallest absolute Gasteiger partial charge is 0.326 e. The monoisotopic (exact) mass is 388 g/mol. The molecule has 159 valence electrons. The number of carbonyl (C=O) groups excluding carboxylic acids is 1. The molecular weight excluding hydrogens is 346 g/mol. The number of carbonyl (C=O) groups is 1. The second kappa shape index (κ2) is 21.7. The van der Waals surface area contributed by atoms with Crippen LogP contribution in [0.5, 0.6) is 0 Å². The van der Waals surface area contributed by atoms with Gasteiger partial charge in [-0.1, -0.05) is 101 Å². The molecule has 1 aromatic rings. The fraction of sp³-hybridized carbons (Fsp3) is 0.640. The van der Waals surface area contributed by atoms with Gasteiger partial charge in [-0.2, -0.15) is 0 Å². The van der Waals surface area contributed by atoms with E-state index < -0.39 is 5.97 Å². The molecule has 2 N–H and O–H groups in total. The molecule has 0 aromatic heterocycles. The van der Waals surface area contributed by atoms with Crippen LogP contribution in [0.15, 0.2) is 42.5 Å². The van der Waals surface area contributed by atoms with Crippen LogP contribution in [0.25, 0.3) is 0 Å². The lowest BCUT2D eigenvalue weighted by molar-refractivity contribution is -0.143. The molecule has 0 aliphatic rings. The molecule has 1 aromatic carbocycles. The zero-order chi connectivity index (χ0) is 20.7. The maximum absolute atomic E-state index is 10.2. The van der Waals surface area contributed by atoms with Crippen molar-refractivity contribution < 1.29 is 9.90 Å². The first kappa shape index (κ1) is 26.4. The van der Waals surface area contributed by atoms with Gasteiger partial charge in [0, 0.05) is 6.54 Å². The van der Waals surface area contributed by atoms with E-state index in [2.05, 4.69) is 19.1 Å². The van der Waals surface area contributed by atoms with E-state index in [1.807, 2.05) is 30.3 Å². The van der Waals surface area contributed by atoms with Crippen LogP contribution in [0, 0.1) is 0 Å². The second-order valence-corrected chi connectivity index (χ2v) is 7.40. The molecule has 0 amide bonds. The van der Waals surface area contributed by atoms with Crippen molar-refractivity contribution in [3.8, 4) is 0 Å². The predicted octanol–water partition coefficient (Wildman–Crippen LogP) is 7.13. The maximum Gasteiger partial charge on any atom is 0.355 e. The van der Waals surface area contributed by atoms with Gasteiger partial charge in [-0.3, -0.25) is 0 Å². The van der Waals surface area contributed by atoms with E-state index in [0.717, 1.165) is 19.3 Å². The summed E-state index contributed by atoms with van der Waals surface area (Å²) in [5.41, 5.74) is 6.54. The van der Waals surface area contributed by atoms with Gasteiger partial charge < -0.3 is 5.73 Å². The average molecular weight is 389 g/mol. The van der Waals surface area contributed by atoms with Gasteiger partial charge in [-0.05, 0) is 37.7 Å². The summed E-state index contributed by atoms with van der Waals surface area (Å²) in [5, 5.41) is 10.2. The number of allylic oxidation sites excluding steroid dienone is 2. The van der Waals surface area contributed by atoms with Crippen molar-refractivity contribution in [1.29, 1.82) is 0 Å². The van der Waals surface area contributed by atoms with E-state index in [-0.39, 0.29) is 6.42 Å². The van der Waals surface area contributed by atoms with Crippen molar-refractivity contribution in [2.24, 2.45) is 5.73 Å². The Kier molecular flexibility index (Phi) is 20.4. The third kappa shape index (κ3) is 20.7. The van der Waals surface area contributed by atoms with Crippen LogP contribution >= 0.6 is 0 Å². The molecule has 0 unspecified atom stereocenters. The van der Waals surface area contributed by atoms with E-state index in [1.165, 1.54) is 69.8 Å². The second-order valence-electron chi connectivity index (χ2n) is 7.40. The fourth-order valence-electron chi connectivity index (χ4n) is 2.95. The zero-order valence-corrected chi connectivity index (χ0v) is 18.0. The Bertz CT molecular complexity index is 471. The Hall–Kier alpha value is -1.61. The molecule has 0 saturated carbocycles. The largest absolute Gasteiger partial charge is 0.355 e. The van der Waals surface area contributed by atoms with Crippen LogP contribution in [0.4, 0.5) is 0 Å². The number of unbranched alkanes of at least 4 members (excludes halogenated alkanes) is 11. The summed E-state index contributed by atoms with van der Waals surface area (Å²) >= 11 is 0. The highest BCUT2D eigenvalue weighted by molar-refractivity contribution is 5.66. The maximum atomic E-state index is 10.2. The minimum atomic E-state index is -0.914. The molecule has 28 heavy (non-hydrogen) atoms. The Morgan fingerprint density at radius 2 is 1.29 bits per heavy atom. The molecule has 0 aliphatic heterocycles. The van der Waals surface area contributed by atoms with Gasteiger partial charge in [0.05, 0.1) is 6.42 Å². The van der Waals surface area contributed by atoms with Crippen molar-refractivity contribution in [3.05, 3.63) is 48.0 Å². The minimum Gasteiger partial charge on any atom is -0.326 e. The molecule has 0 atom stereocenters. The molecular formula is C25H42NO2. The molecule has 1 radical (unpaired) electrons. The minimum absolute atomic E-state index is 0.220. The summed E-state index contributed by atoms with van der Waals surface area (Å²) in [6.07, 6.45) is 20.9. The van der Waals surface area contributed by atoms with Gasteiger partial charge in [0.25, 0.3) is 0 Å². The Morgan fingerprint density at radius 3 is 1.75 bits per heavy atom. The summed E-state index contributed by atoms with van der Waals surface area (Å²) in [7, 11) is 0. The first-order chi connectivity index (χ1) is 13.7. The molecule has 0 fully saturated rings. The zero-order valence-electron chi connectivity index (χ0n) is 18.0. The number of hydrogen-bond donors (Lipinski definition) is 1. The van der Waals surface area contributed by atoms with Crippen molar-refractivity contribution in [1.82, 2.24) is 0 Å². The number of hydrogen-bond acceptors (Lipinski definition) is 2. The summed E-state index contributed by atoms with van der Waals surface area (Å²) in [5.74, 6) is -0.914. The van der Waals surface area contributed by atoms with Crippen LogP contribution in [0.1, 0.15) is 102 Å². The SMILES string of the molecule is CCCCCCCC/C=C\CCCCCCCC([O])=O.NCc1ccccc1. The molecule has 0 spiro atoms. The van der Waals surface area contributed by atoms with Crippen molar-refractivity contribution in [2.75, 3.05) is 0 Å². The third-order valence-electron chi connectivity index (χ3n) is 4.72. The van der Waals surface area contributed by atoms with Gasteiger partial charge in [-0.25, -0.2) is 9.90 Å². The molecule has 1 rings (SSSR count). The fourth-order valence-corrected chi connectivity index (χ4v) is 2.95. The molecule has 3 heteroatoms. The van der Waals surface area contributed by atoms with Gasteiger partial charge in [0.1, 0.15) is 0 Å². The lowest BCUT2D eigenvalue weighted by Crippen LogP contribution is -1.94. The van der Waals surface area contributed by atoms with Gasteiger partial charge in [0.15, 0.2) is 0 Å². The van der Waals surface area contributed by atoms with E-state index in [4.69, 9.17) is 5.73 Å². The molecule has 0 bridgehead atoms. The van der Waals surface area contributed by atoms with Crippen LogP contribution in [-0.4, -0.2) is 5.97 Å². The van der Waals surface area contributed by atoms with Gasteiger partial charge >= 0.3 is 5.97 Å². The van der Waals surface area contributed by atoms with Gasteiger partial charge in [0.2, 0.25) is 0 Å². The Balaban J connectivity index is 0.000000749. The lowest BCUT2D eigenvalue weighted by atomic mass is 10.1. The highest BCUT2D eigenvalue weighted by atomic mass is 16.4. The number of benzene rings is 1. The van der Waals surface area contributed by atoms with Crippen LogP contribution in [0.2, 0.25) is 0 Å². The third-order valence-corrected chi connectivity index (χ3v) is 4.72. The summed E-state index contributed by atoms with van der Waals surface area (Å²) < 4.78 is 0. The normalized spacial score (nSPS) is 10.6. The van der Waals surface area contributed by atoms with E-state index >= 15 is 0 Å². The summed E-state index contributed by atoms with van der Waals surface area (Å²) in [4.78, 5) is 10.2. The number of nitrogens with two attached hydrogens (primary N) is 1. The molecule has 0 saturated heterocycles. The van der Waals surface area contributed by atoms with E-state index in [1.54, 1.807) is 0 Å². The van der Waals surface area contributed by atoms with Crippen molar-refractivity contribution in [2.45, 2.75) is 103 Å². The number of rotatable bonds is 16. The highest BCUT2D eigenvalue weighted by Gasteiger charge is 1.98. The average Bonchev–Trinajstić information content (AvgIpc) is 2.72. The summed E-state index contributed by atoms with van der Waals surface area (Å²) in [6, 6.07) is 9.99. The topological polar surface area (TPSA) is 63.0 Å². The van der Waals surface area contributed by atoms with Crippen LogP contribution in [0.3, 0.4) is 0 Å². The molecule has 0 aliphatic carbocycles. The predicted molar refractivity (Wildman–Crippen MR) is 119 cm³/mol. The first-order valence-electron chi connectivity index (χ1n) is 11.3. The van der Waals surface area contributed by atoms with Crippen LogP contribution < -0.4 is 5.73 Å². The highest BCUT2D eigenvalue weighted by Crippen LogP contribution is 2.09. The quantitative estimate of drug-likeness (QED) is 0.242. The lowest BCUT2D eigenvalue weighted by Gasteiger charge is -1.99. The first-order valence-corrected chi connectivity index (χ1v) is 11.3. The van der Waals surface area contributed by atoms with E-state index in [0.29, 0.717) is 6.54 Å². The van der Waals surface area contributed by atoms with Crippen molar-refractivity contribution >= 4 is 5.97 Å². The standard InChI is InChI=1S/C18H33O2.C7H9N/c1-2-3-4-5-6-7-8-9-10-11-12-13-14-15-16-17-18(19)20;8-6-7-4-2-1-3-5-7/h9-10H,2-8,11-17H2,1H3;1-5H,6,8H2/b10-9-;. The van der Waals surface area contributed by atoms with Crippen LogP contribution in [-0.2, 0) is 16.4 Å². The molecule has 3 nitrogen and oxygen atoms in total. The molecule has 0 heterocycles. The van der Waals surface area contributed by atoms with Crippen molar-refractivity contribution in [3.63, 3.8) is 0 Å². The Morgan fingerprint density at radius 1 is 0.786 bits per heavy atom. The van der Waals surface area contributed by atoms with E-state index in [9.17, 15) is 9.90 Å². The Labute approximate surface area is 173 Å².